The van der Waals surface area contributed by atoms with Gasteiger partial charge in [-0.05, 0) is 23.8 Å². The van der Waals surface area contributed by atoms with E-state index in [-0.39, 0.29) is 11.3 Å². The van der Waals surface area contributed by atoms with Gasteiger partial charge in [-0.2, -0.15) is 0 Å². The van der Waals surface area contributed by atoms with Gasteiger partial charge in [0.25, 0.3) is 0 Å². The van der Waals surface area contributed by atoms with E-state index < -0.39 is 23.7 Å². The predicted octanol–water partition coefficient (Wildman–Crippen LogP) is 2.16. The summed E-state index contributed by atoms with van der Waals surface area (Å²) in [7, 11) is 0. The maximum absolute atomic E-state index is 13.1. The zero-order valence-electron chi connectivity index (χ0n) is 10.9. The second kappa shape index (κ2) is 6.15. The van der Waals surface area contributed by atoms with Crippen molar-refractivity contribution in [2.45, 2.75) is 6.04 Å². The first-order chi connectivity index (χ1) is 9.99. The number of rotatable bonds is 4. The van der Waals surface area contributed by atoms with Crippen LogP contribution in [-0.4, -0.2) is 17.0 Å². The average Bonchev–Trinajstić information content (AvgIpc) is 2.49. The molecule has 0 aliphatic heterocycles. The third-order valence-electron chi connectivity index (χ3n) is 2.91. The number of carbonyl (C=O) groups is 2. The van der Waals surface area contributed by atoms with Crippen LogP contribution in [0.2, 0.25) is 0 Å². The van der Waals surface area contributed by atoms with Gasteiger partial charge in [0.2, 0.25) is 5.91 Å². The summed E-state index contributed by atoms with van der Waals surface area (Å²) in [6.07, 6.45) is 0. The molecule has 0 fully saturated rings. The van der Waals surface area contributed by atoms with Gasteiger partial charge in [-0.3, -0.25) is 4.79 Å². The van der Waals surface area contributed by atoms with Crippen molar-refractivity contribution in [1.29, 1.82) is 0 Å². The molecular formula is C15H13FN2O3. The molecule has 21 heavy (non-hydrogen) atoms. The number of aromatic carboxylic acids is 1. The monoisotopic (exact) mass is 288 g/mol. The van der Waals surface area contributed by atoms with E-state index in [0.717, 1.165) is 12.1 Å². The Hall–Kier alpha value is -2.73. The molecule has 0 radical (unpaired) electrons. The summed E-state index contributed by atoms with van der Waals surface area (Å²) < 4.78 is 13.1. The molecule has 0 spiro atoms. The van der Waals surface area contributed by atoms with Gasteiger partial charge in [0.05, 0.1) is 11.3 Å². The van der Waals surface area contributed by atoms with Gasteiger partial charge < -0.3 is 16.2 Å². The molecule has 0 aliphatic rings. The average molecular weight is 288 g/mol. The zero-order chi connectivity index (χ0) is 15.4. The second-order valence-electron chi connectivity index (χ2n) is 4.37. The Balaban J connectivity index is 2.22. The van der Waals surface area contributed by atoms with Gasteiger partial charge in [-0.15, -0.1) is 0 Å². The van der Waals surface area contributed by atoms with Crippen molar-refractivity contribution in [2.75, 3.05) is 5.32 Å². The van der Waals surface area contributed by atoms with E-state index in [2.05, 4.69) is 5.32 Å². The Kier molecular flexibility index (Phi) is 4.30. The molecule has 2 rings (SSSR count). The maximum Gasteiger partial charge on any atom is 0.337 e. The summed E-state index contributed by atoms with van der Waals surface area (Å²) in [6.45, 7) is 0. The largest absolute Gasteiger partial charge is 0.478 e. The highest BCUT2D eigenvalue weighted by Gasteiger charge is 2.19. The molecule has 6 heteroatoms. The van der Waals surface area contributed by atoms with E-state index in [1.165, 1.54) is 6.07 Å². The molecule has 0 saturated carbocycles. The minimum Gasteiger partial charge on any atom is -0.478 e. The lowest BCUT2D eigenvalue weighted by molar-refractivity contribution is -0.117. The molecule has 2 aromatic carbocycles. The summed E-state index contributed by atoms with van der Waals surface area (Å²) in [4.78, 5) is 23.1. The van der Waals surface area contributed by atoms with Crippen LogP contribution in [0.3, 0.4) is 0 Å². The fourth-order valence-electron chi connectivity index (χ4n) is 1.82. The standard InChI is InChI=1S/C15H13FN2O3/c16-10-6-7-12(11(8-10)15(20)21)18-14(19)13(17)9-4-2-1-3-5-9/h1-8,13H,17H2,(H,18,19)(H,20,21)/t13-/m0/s1. The molecule has 0 saturated heterocycles. The van der Waals surface area contributed by atoms with Crippen molar-refractivity contribution in [3.8, 4) is 0 Å². The normalized spacial score (nSPS) is 11.7. The minimum absolute atomic E-state index is 0.000260. The molecular weight excluding hydrogens is 275 g/mol. The Morgan fingerprint density at radius 3 is 2.43 bits per heavy atom. The number of nitrogens with one attached hydrogen (secondary N) is 1. The van der Waals surface area contributed by atoms with E-state index in [1.54, 1.807) is 30.3 Å². The first-order valence-electron chi connectivity index (χ1n) is 6.13. The summed E-state index contributed by atoms with van der Waals surface area (Å²) in [5, 5.41) is 11.4. The number of anilines is 1. The van der Waals surface area contributed by atoms with E-state index in [4.69, 9.17) is 10.8 Å². The predicted molar refractivity (Wildman–Crippen MR) is 75.4 cm³/mol. The molecule has 5 nitrogen and oxygen atoms in total. The molecule has 0 aromatic heterocycles. The van der Waals surface area contributed by atoms with Crippen LogP contribution in [0.25, 0.3) is 0 Å². The van der Waals surface area contributed by atoms with Gasteiger partial charge in [0, 0.05) is 0 Å². The lowest BCUT2D eigenvalue weighted by Crippen LogP contribution is -2.28. The SMILES string of the molecule is N[C@H](C(=O)Nc1ccc(F)cc1C(=O)O)c1ccccc1. The molecule has 4 N–H and O–H groups in total. The maximum atomic E-state index is 13.1. The fourth-order valence-corrected chi connectivity index (χ4v) is 1.82. The first kappa shape index (κ1) is 14.7. The molecule has 0 unspecified atom stereocenters. The van der Waals surface area contributed by atoms with Crippen LogP contribution in [0.4, 0.5) is 10.1 Å². The Morgan fingerprint density at radius 1 is 1.14 bits per heavy atom. The Morgan fingerprint density at radius 2 is 1.81 bits per heavy atom. The third-order valence-corrected chi connectivity index (χ3v) is 2.91. The third kappa shape index (κ3) is 3.43. The molecule has 0 aliphatic carbocycles. The summed E-state index contributed by atoms with van der Waals surface area (Å²) in [5.41, 5.74) is 6.07. The number of hydrogen-bond acceptors (Lipinski definition) is 3. The lowest BCUT2D eigenvalue weighted by Gasteiger charge is -2.14. The molecule has 0 bridgehead atoms. The quantitative estimate of drug-likeness (QED) is 0.803. The van der Waals surface area contributed by atoms with Gasteiger partial charge in [0.1, 0.15) is 11.9 Å². The number of carbonyl (C=O) groups excluding carboxylic acids is 1. The van der Waals surface area contributed by atoms with Gasteiger partial charge in [0.15, 0.2) is 0 Å². The number of carboxylic acids is 1. The van der Waals surface area contributed by atoms with Gasteiger partial charge in [-0.25, -0.2) is 9.18 Å². The molecule has 1 amide bonds. The van der Waals surface area contributed by atoms with Crippen molar-refractivity contribution in [3.05, 3.63) is 65.5 Å². The zero-order valence-corrected chi connectivity index (χ0v) is 10.9. The highest BCUT2D eigenvalue weighted by atomic mass is 19.1. The van der Waals surface area contributed by atoms with Crippen LogP contribution in [0.5, 0.6) is 0 Å². The highest BCUT2D eigenvalue weighted by Crippen LogP contribution is 2.19. The minimum atomic E-state index is -1.34. The molecule has 108 valence electrons. The van der Waals surface area contributed by atoms with E-state index in [9.17, 15) is 14.0 Å². The Labute approximate surface area is 120 Å². The second-order valence-corrected chi connectivity index (χ2v) is 4.37. The van der Waals surface area contributed by atoms with Crippen LogP contribution >= 0.6 is 0 Å². The van der Waals surface area contributed by atoms with E-state index in [1.807, 2.05) is 0 Å². The lowest BCUT2D eigenvalue weighted by atomic mass is 10.1. The van der Waals surface area contributed by atoms with Crippen molar-refractivity contribution in [1.82, 2.24) is 0 Å². The van der Waals surface area contributed by atoms with Crippen molar-refractivity contribution < 1.29 is 19.1 Å². The van der Waals surface area contributed by atoms with Crippen LogP contribution < -0.4 is 11.1 Å². The number of benzene rings is 2. The number of amides is 1. The van der Waals surface area contributed by atoms with Gasteiger partial charge >= 0.3 is 5.97 Å². The van der Waals surface area contributed by atoms with Crippen molar-refractivity contribution in [2.24, 2.45) is 5.73 Å². The van der Waals surface area contributed by atoms with Crippen LogP contribution in [0.1, 0.15) is 22.0 Å². The highest BCUT2D eigenvalue weighted by molar-refractivity contribution is 6.02. The summed E-state index contributed by atoms with van der Waals surface area (Å²) in [6, 6.07) is 10.8. The smallest absolute Gasteiger partial charge is 0.337 e. The number of nitrogens with two attached hydrogens (primary N) is 1. The summed E-state index contributed by atoms with van der Waals surface area (Å²) >= 11 is 0. The molecule has 0 heterocycles. The summed E-state index contributed by atoms with van der Waals surface area (Å²) in [5.74, 6) is -2.61. The molecule has 1 atom stereocenters. The first-order valence-corrected chi connectivity index (χ1v) is 6.13. The number of carboxylic acid groups (broad SMARTS) is 1. The van der Waals surface area contributed by atoms with E-state index in [0.29, 0.717) is 5.56 Å². The fraction of sp³-hybridized carbons (Fsp3) is 0.0667. The topological polar surface area (TPSA) is 92.4 Å². The van der Waals surface area contributed by atoms with Crippen LogP contribution in [0.15, 0.2) is 48.5 Å². The number of halogens is 1. The van der Waals surface area contributed by atoms with Crippen LogP contribution in [-0.2, 0) is 4.79 Å². The molecule has 2 aromatic rings. The van der Waals surface area contributed by atoms with Crippen molar-refractivity contribution >= 4 is 17.6 Å². The van der Waals surface area contributed by atoms with Gasteiger partial charge in [-0.1, -0.05) is 30.3 Å². The Bertz CT molecular complexity index is 674. The van der Waals surface area contributed by atoms with E-state index >= 15 is 0 Å². The van der Waals surface area contributed by atoms with Crippen LogP contribution in [0, 0.1) is 5.82 Å². The number of hydrogen-bond donors (Lipinski definition) is 3. The van der Waals surface area contributed by atoms with Crippen molar-refractivity contribution in [3.63, 3.8) is 0 Å².